The van der Waals surface area contributed by atoms with Crippen molar-refractivity contribution < 1.29 is 9.13 Å². The smallest absolute Gasteiger partial charge is 0.128 e. The summed E-state index contributed by atoms with van der Waals surface area (Å²) in [4.78, 5) is 6.56. The van der Waals surface area contributed by atoms with Crippen molar-refractivity contribution in [3.63, 3.8) is 0 Å². The number of ether oxygens (including phenoxy) is 1. The van der Waals surface area contributed by atoms with Crippen LogP contribution in [-0.4, -0.2) is 25.2 Å². The molecule has 0 bridgehead atoms. The van der Waals surface area contributed by atoms with Crippen LogP contribution in [0.1, 0.15) is 12.1 Å². The summed E-state index contributed by atoms with van der Waals surface area (Å²) in [5, 5.41) is 0. The monoisotopic (exact) mass is 274 g/mol. The molecule has 0 saturated carbocycles. The quantitative estimate of drug-likeness (QED) is 0.755. The molecular weight excluding hydrogens is 255 g/mol. The van der Waals surface area contributed by atoms with E-state index in [4.69, 9.17) is 4.74 Å². The molecule has 0 aliphatic heterocycles. The number of pyridine rings is 1. The van der Waals surface area contributed by atoms with Crippen LogP contribution in [0.5, 0.6) is 5.75 Å². The van der Waals surface area contributed by atoms with Crippen molar-refractivity contribution in [2.75, 3.05) is 25.1 Å². The molecule has 0 saturated heterocycles. The van der Waals surface area contributed by atoms with Gasteiger partial charge in [-0.2, -0.15) is 0 Å². The van der Waals surface area contributed by atoms with Crippen molar-refractivity contribution in [1.29, 1.82) is 0 Å². The molecule has 0 N–H and O–H groups in total. The molecule has 1 aromatic heterocycles. The molecule has 0 unspecified atom stereocenters. The fourth-order valence-electron chi connectivity index (χ4n) is 1.88. The Morgan fingerprint density at radius 1 is 1.15 bits per heavy atom. The number of hydrogen-bond donors (Lipinski definition) is 0. The predicted octanol–water partition coefficient (Wildman–Crippen LogP) is 3.43. The third-order valence-corrected chi connectivity index (χ3v) is 2.98. The number of nitrogens with zero attached hydrogens (tertiary/aromatic N) is 2. The molecular formula is C16H19FN2O. The van der Waals surface area contributed by atoms with Crippen LogP contribution < -0.4 is 9.64 Å². The van der Waals surface area contributed by atoms with Gasteiger partial charge in [-0.15, -0.1) is 0 Å². The second-order valence-electron chi connectivity index (χ2n) is 4.71. The molecule has 0 atom stereocenters. The van der Waals surface area contributed by atoms with Gasteiger partial charge >= 0.3 is 0 Å². The van der Waals surface area contributed by atoms with E-state index >= 15 is 0 Å². The zero-order chi connectivity index (χ0) is 14.4. The van der Waals surface area contributed by atoms with Crippen molar-refractivity contribution in [2.45, 2.75) is 13.3 Å². The number of benzene rings is 1. The van der Waals surface area contributed by atoms with Crippen LogP contribution in [0.25, 0.3) is 0 Å². The van der Waals surface area contributed by atoms with E-state index in [0.717, 1.165) is 24.5 Å². The standard InChI is InChI=1S/C16H19FN2O/c1-13-5-3-6-16(18-13)19(2)11-4-12-20-15-9-7-14(17)8-10-15/h3,5-10H,4,11-12H2,1-2H3. The maximum atomic E-state index is 12.7. The SMILES string of the molecule is Cc1cccc(N(C)CCCOc2ccc(F)cc2)n1. The van der Waals surface area contributed by atoms with Crippen molar-refractivity contribution in [1.82, 2.24) is 4.98 Å². The molecule has 0 fully saturated rings. The Balaban J connectivity index is 1.74. The largest absolute Gasteiger partial charge is 0.494 e. The molecule has 0 radical (unpaired) electrons. The third kappa shape index (κ3) is 4.23. The summed E-state index contributed by atoms with van der Waals surface area (Å²) in [6.07, 6.45) is 0.878. The minimum Gasteiger partial charge on any atom is -0.494 e. The summed E-state index contributed by atoms with van der Waals surface area (Å²) < 4.78 is 18.3. The van der Waals surface area contributed by atoms with Gasteiger partial charge in [0, 0.05) is 19.3 Å². The van der Waals surface area contributed by atoms with Gasteiger partial charge in [-0.05, 0) is 49.7 Å². The Morgan fingerprint density at radius 3 is 2.60 bits per heavy atom. The molecule has 2 rings (SSSR count). The van der Waals surface area contributed by atoms with Crippen molar-refractivity contribution in [3.05, 3.63) is 54.0 Å². The lowest BCUT2D eigenvalue weighted by Gasteiger charge is -2.18. The fourth-order valence-corrected chi connectivity index (χ4v) is 1.88. The van der Waals surface area contributed by atoms with Crippen LogP contribution in [-0.2, 0) is 0 Å². The molecule has 106 valence electrons. The highest BCUT2D eigenvalue weighted by Gasteiger charge is 2.02. The van der Waals surface area contributed by atoms with Gasteiger partial charge in [0.05, 0.1) is 6.61 Å². The first-order chi connectivity index (χ1) is 9.65. The Bertz CT molecular complexity index is 542. The average molecular weight is 274 g/mol. The number of rotatable bonds is 6. The number of hydrogen-bond acceptors (Lipinski definition) is 3. The van der Waals surface area contributed by atoms with Gasteiger partial charge in [-0.3, -0.25) is 0 Å². The van der Waals surface area contributed by atoms with E-state index < -0.39 is 0 Å². The summed E-state index contributed by atoms with van der Waals surface area (Å²) in [7, 11) is 2.01. The summed E-state index contributed by atoms with van der Waals surface area (Å²) in [5.41, 5.74) is 1.01. The van der Waals surface area contributed by atoms with Crippen LogP contribution in [0.2, 0.25) is 0 Å². The van der Waals surface area contributed by atoms with Crippen molar-refractivity contribution in [2.24, 2.45) is 0 Å². The average Bonchev–Trinajstić information content (AvgIpc) is 2.45. The van der Waals surface area contributed by atoms with Crippen molar-refractivity contribution >= 4 is 5.82 Å². The Labute approximate surface area is 119 Å². The molecule has 20 heavy (non-hydrogen) atoms. The summed E-state index contributed by atoms with van der Waals surface area (Å²) in [5.74, 6) is 1.41. The van der Waals surface area contributed by atoms with Gasteiger partial charge < -0.3 is 9.64 Å². The lowest BCUT2D eigenvalue weighted by atomic mass is 10.3. The highest BCUT2D eigenvalue weighted by Crippen LogP contribution is 2.12. The van der Waals surface area contributed by atoms with Crippen LogP contribution >= 0.6 is 0 Å². The Morgan fingerprint density at radius 2 is 1.90 bits per heavy atom. The molecule has 0 aliphatic carbocycles. The van der Waals surface area contributed by atoms with E-state index in [1.54, 1.807) is 12.1 Å². The molecule has 0 aliphatic rings. The van der Waals surface area contributed by atoms with Gasteiger partial charge in [0.2, 0.25) is 0 Å². The zero-order valence-corrected chi connectivity index (χ0v) is 11.8. The first-order valence-corrected chi connectivity index (χ1v) is 6.68. The number of halogens is 1. The highest BCUT2D eigenvalue weighted by atomic mass is 19.1. The maximum Gasteiger partial charge on any atom is 0.128 e. The Hall–Kier alpha value is -2.10. The molecule has 3 nitrogen and oxygen atoms in total. The molecule has 1 heterocycles. The lowest BCUT2D eigenvalue weighted by Crippen LogP contribution is -2.21. The van der Waals surface area contributed by atoms with Gasteiger partial charge in [0.1, 0.15) is 17.4 Å². The fraction of sp³-hybridized carbons (Fsp3) is 0.312. The van der Waals surface area contributed by atoms with Gasteiger partial charge in [-0.1, -0.05) is 6.07 Å². The molecule has 1 aromatic carbocycles. The van der Waals surface area contributed by atoms with E-state index in [2.05, 4.69) is 9.88 Å². The van der Waals surface area contributed by atoms with Crippen LogP contribution in [0.3, 0.4) is 0 Å². The number of aryl methyl sites for hydroxylation is 1. The van der Waals surface area contributed by atoms with Crippen LogP contribution in [0, 0.1) is 12.7 Å². The predicted molar refractivity (Wildman–Crippen MR) is 78.8 cm³/mol. The van der Waals surface area contributed by atoms with E-state index in [1.807, 2.05) is 32.2 Å². The Kier molecular flexibility index (Phi) is 4.93. The highest BCUT2D eigenvalue weighted by molar-refractivity contribution is 5.37. The van der Waals surface area contributed by atoms with E-state index in [-0.39, 0.29) is 5.82 Å². The van der Waals surface area contributed by atoms with Gasteiger partial charge in [0.25, 0.3) is 0 Å². The van der Waals surface area contributed by atoms with E-state index in [9.17, 15) is 4.39 Å². The summed E-state index contributed by atoms with van der Waals surface area (Å²) >= 11 is 0. The first kappa shape index (κ1) is 14.3. The normalized spacial score (nSPS) is 10.3. The zero-order valence-electron chi connectivity index (χ0n) is 11.8. The van der Waals surface area contributed by atoms with Crippen LogP contribution in [0.4, 0.5) is 10.2 Å². The number of aromatic nitrogens is 1. The minimum atomic E-state index is -0.248. The summed E-state index contributed by atoms with van der Waals surface area (Å²) in [6.45, 7) is 3.44. The summed E-state index contributed by atoms with van der Waals surface area (Å²) in [6, 6.07) is 12.1. The second-order valence-corrected chi connectivity index (χ2v) is 4.71. The van der Waals surface area contributed by atoms with Crippen LogP contribution in [0.15, 0.2) is 42.5 Å². The maximum absolute atomic E-state index is 12.7. The minimum absolute atomic E-state index is 0.248. The number of anilines is 1. The molecule has 2 aromatic rings. The molecule has 4 heteroatoms. The van der Waals surface area contributed by atoms with Gasteiger partial charge in [-0.25, -0.2) is 9.37 Å². The van der Waals surface area contributed by atoms with E-state index in [1.165, 1.54) is 12.1 Å². The molecule has 0 amide bonds. The lowest BCUT2D eigenvalue weighted by molar-refractivity contribution is 0.312. The first-order valence-electron chi connectivity index (χ1n) is 6.68. The topological polar surface area (TPSA) is 25.4 Å². The third-order valence-electron chi connectivity index (χ3n) is 2.98. The van der Waals surface area contributed by atoms with Crippen molar-refractivity contribution in [3.8, 4) is 5.75 Å². The molecule has 0 spiro atoms. The second kappa shape index (κ2) is 6.89. The van der Waals surface area contributed by atoms with Gasteiger partial charge in [0.15, 0.2) is 0 Å². The van der Waals surface area contributed by atoms with E-state index in [0.29, 0.717) is 12.4 Å².